The van der Waals surface area contributed by atoms with Crippen LogP contribution >= 0.6 is 23.4 Å². The maximum absolute atomic E-state index is 12.3. The number of fused-ring (bicyclic) bond motifs is 1. The van der Waals surface area contributed by atoms with E-state index in [0.717, 1.165) is 27.1 Å². The standard InChI is InChI=1S/C23H18ClN3O3S/c24-17-9-5-15(6-10-17)21-22(19-3-1-2-4-20(19)26-21)31-14-13-25-23(28)16-7-11-18(12-8-16)27(29)30/h1-12,26H,13-14H2,(H,25,28). The minimum absolute atomic E-state index is 0.0406. The molecule has 0 saturated heterocycles. The molecule has 0 unspecified atom stereocenters. The van der Waals surface area contributed by atoms with Gasteiger partial charge >= 0.3 is 0 Å². The summed E-state index contributed by atoms with van der Waals surface area (Å²) in [5.41, 5.74) is 3.46. The number of nitrogens with zero attached hydrogens (tertiary/aromatic N) is 1. The van der Waals surface area contributed by atoms with Gasteiger partial charge in [-0.15, -0.1) is 11.8 Å². The molecule has 0 fully saturated rings. The molecule has 0 aliphatic heterocycles. The number of nitrogens with one attached hydrogen (secondary N) is 2. The highest BCUT2D eigenvalue weighted by atomic mass is 35.5. The molecule has 0 aliphatic carbocycles. The first-order chi connectivity index (χ1) is 15.0. The third kappa shape index (κ3) is 4.73. The van der Waals surface area contributed by atoms with Crippen LogP contribution in [0, 0.1) is 10.1 Å². The predicted octanol–water partition coefficient (Wildman–Crippen LogP) is 5.92. The van der Waals surface area contributed by atoms with Crippen molar-refractivity contribution in [3.05, 3.63) is 93.5 Å². The zero-order chi connectivity index (χ0) is 21.8. The van der Waals surface area contributed by atoms with Gasteiger partial charge in [-0.25, -0.2) is 0 Å². The van der Waals surface area contributed by atoms with Gasteiger partial charge in [-0.3, -0.25) is 14.9 Å². The molecular formula is C23H18ClN3O3S. The highest BCUT2D eigenvalue weighted by molar-refractivity contribution is 7.99. The molecule has 1 heterocycles. The van der Waals surface area contributed by atoms with E-state index < -0.39 is 4.92 Å². The van der Waals surface area contributed by atoms with Crippen LogP contribution in [0.15, 0.2) is 77.7 Å². The predicted molar refractivity (Wildman–Crippen MR) is 125 cm³/mol. The molecule has 31 heavy (non-hydrogen) atoms. The van der Waals surface area contributed by atoms with Crippen molar-refractivity contribution in [3.63, 3.8) is 0 Å². The lowest BCUT2D eigenvalue weighted by Crippen LogP contribution is -2.25. The Kier molecular flexibility index (Phi) is 6.25. The van der Waals surface area contributed by atoms with Gasteiger partial charge in [0, 0.05) is 50.8 Å². The first kappa shape index (κ1) is 21.0. The largest absolute Gasteiger partial charge is 0.354 e. The Labute approximate surface area is 187 Å². The van der Waals surface area contributed by atoms with E-state index in [1.807, 2.05) is 42.5 Å². The van der Waals surface area contributed by atoms with Crippen LogP contribution < -0.4 is 5.32 Å². The van der Waals surface area contributed by atoms with Crippen molar-refractivity contribution in [2.24, 2.45) is 0 Å². The van der Waals surface area contributed by atoms with Crippen LogP contribution in [0.3, 0.4) is 0 Å². The zero-order valence-electron chi connectivity index (χ0n) is 16.3. The van der Waals surface area contributed by atoms with Crippen molar-refractivity contribution < 1.29 is 9.72 Å². The van der Waals surface area contributed by atoms with E-state index in [4.69, 9.17) is 11.6 Å². The Morgan fingerprint density at radius 2 is 1.74 bits per heavy atom. The molecule has 0 saturated carbocycles. The van der Waals surface area contributed by atoms with E-state index >= 15 is 0 Å². The topological polar surface area (TPSA) is 88.0 Å². The van der Waals surface area contributed by atoms with E-state index in [1.165, 1.54) is 24.3 Å². The van der Waals surface area contributed by atoms with Crippen LogP contribution in [0.25, 0.3) is 22.2 Å². The van der Waals surface area contributed by atoms with E-state index in [9.17, 15) is 14.9 Å². The Hall–Kier alpha value is -3.29. The second-order valence-electron chi connectivity index (χ2n) is 6.79. The summed E-state index contributed by atoms with van der Waals surface area (Å²) in [7, 11) is 0. The second-order valence-corrected chi connectivity index (χ2v) is 8.33. The minimum Gasteiger partial charge on any atom is -0.354 e. The third-order valence-corrected chi connectivity index (χ3v) is 6.14. The zero-order valence-corrected chi connectivity index (χ0v) is 17.9. The van der Waals surface area contributed by atoms with Crippen LogP contribution in [0.1, 0.15) is 10.4 Å². The summed E-state index contributed by atoms with van der Waals surface area (Å²) in [6.07, 6.45) is 0. The van der Waals surface area contributed by atoms with E-state index in [0.29, 0.717) is 22.9 Å². The number of hydrogen-bond donors (Lipinski definition) is 2. The van der Waals surface area contributed by atoms with Crippen LogP contribution in [0.2, 0.25) is 5.02 Å². The Morgan fingerprint density at radius 3 is 2.45 bits per heavy atom. The quantitative estimate of drug-likeness (QED) is 0.158. The molecule has 156 valence electrons. The SMILES string of the molecule is O=C(NCCSc1c(-c2ccc(Cl)cc2)[nH]c2ccccc12)c1ccc([N+](=O)[O-])cc1. The Balaban J connectivity index is 1.45. The average molecular weight is 452 g/mol. The molecule has 6 nitrogen and oxygen atoms in total. The fourth-order valence-corrected chi connectivity index (χ4v) is 4.42. The van der Waals surface area contributed by atoms with Crippen LogP contribution in [-0.4, -0.2) is 28.1 Å². The van der Waals surface area contributed by atoms with Gasteiger partial charge in [0.15, 0.2) is 0 Å². The molecule has 4 aromatic rings. The molecule has 1 aromatic heterocycles. The van der Waals surface area contributed by atoms with Crippen LogP contribution in [0.4, 0.5) is 5.69 Å². The number of non-ortho nitro benzene ring substituents is 1. The Morgan fingerprint density at radius 1 is 1.03 bits per heavy atom. The van der Waals surface area contributed by atoms with Gasteiger partial charge < -0.3 is 10.3 Å². The summed E-state index contributed by atoms with van der Waals surface area (Å²) in [5, 5.41) is 15.4. The lowest BCUT2D eigenvalue weighted by molar-refractivity contribution is -0.384. The molecule has 0 atom stereocenters. The number of rotatable bonds is 7. The number of H-pyrrole nitrogens is 1. The fourth-order valence-electron chi connectivity index (χ4n) is 3.24. The Bertz CT molecular complexity index is 1240. The molecule has 3 aromatic carbocycles. The molecule has 2 N–H and O–H groups in total. The summed E-state index contributed by atoms with van der Waals surface area (Å²) in [6.45, 7) is 0.458. The van der Waals surface area contributed by atoms with Crippen LogP contribution in [0.5, 0.6) is 0 Å². The van der Waals surface area contributed by atoms with Gasteiger partial charge in [0.2, 0.25) is 0 Å². The van der Waals surface area contributed by atoms with Crippen molar-refractivity contribution in [1.29, 1.82) is 0 Å². The minimum atomic E-state index is -0.488. The molecular weight excluding hydrogens is 434 g/mol. The average Bonchev–Trinajstić information content (AvgIpc) is 3.15. The van der Waals surface area contributed by atoms with E-state index in [1.54, 1.807) is 11.8 Å². The molecule has 4 rings (SSSR count). The first-order valence-electron chi connectivity index (χ1n) is 9.55. The number of carbonyl (C=O) groups is 1. The van der Waals surface area contributed by atoms with Gasteiger partial charge in [-0.05, 0) is 35.9 Å². The normalized spacial score (nSPS) is 10.9. The maximum Gasteiger partial charge on any atom is 0.269 e. The summed E-state index contributed by atoms with van der Waals surface area (Å²) in [4.78, 5) is 27.2. The number of benzene rings is 3. The number of carbonyl (C=O) groups excluding carboxylic acids is 1. The van der Waals surface area contributed by atoms with Gasteiger partial charge in [0.25, 0.3) is 11.6 Å². The number of amides is 1. The number of nitro groups is 1. The van der Waals surface area contributed by atoms with Gasteiger partial charge in [0.05, 0.1) is 10.6 Å². The van der Waals surface area contributed by atoms with Crippen molar-refractivity contribution >= 4 is 45.9 Å². The highest BCUT2D eigenvalue weighted by Crippen LogP contribution is 2.37. The molecule has 0 bridgehead atoms. The molecule has 1 amide bonds. The number of thioether (sulfide) groups is 1. The monoisotopic (exact) mass is 451 g/mol. The number of halogens is 1. The number of hydrogen-bond acceptors (Lipinski definition) is 4. The highest BCUT2D eigenvalue weighted by Gasteiger charge is 2.14. The summed E-state index contributed by atoms with van der Waals surface area (Å²) >= 11 is 7.69. The fraction of sp³-hybridized carbons (Fsp3) is 0.0870. The van der Waals surface area contributed by atoms with E-state index in [-0.39, 0.29) is 11.6 Å². The molecule has 0 radical (unpaired) electrons. The summed E-state index contributed by atoms with van der Waals surface area (Å²) in [6, 6.07) is 21.4. The smallest absolute Gasteiger partial charge is 0.269 e. The first-order valence-corrected chi connectivity index (χ1v) is 10.9. The summed E-state index contributed by atoms with van der Waals surface area (Å²) < 4.78 is 0. The molecule has 0 spiro atoms. The number of aromatic amines is 1. The van der Waals surface area contributed by atoms with Crippen molar-refractivity contribution in [1.82, 2.24) is 10.3 Å². The van der Waals surface area contributed by atoms with Gasteiger partial charge in [-0.1, -0.05) is 41.9 Å². The maximum atomic E-state index is 12.3. The lowest BCUT2D eigenvalue weighted by Gasteiger charge is -2.07. The summed E-state index contributed by atoms with van der Waals surface area (Å²) in [5.74, 6) is 0.411. The van der Waals surface area contributed by atoms with Crippen LogP contribution in [-0.2, 0) is 0 Å². The third-order valence-electron chi connectivity index (χ3n) is 4.77. The van der Waals surface area contributed by atoms with Gasteiger partial charge in [0.1, 0.15) is 0 Å². The van der Waals surface area contributed by atoms with Gasteiger partial charge in [-0.2, -0.15) is 0 Å². The van der Waals surface area contributed by atoms with Crippen molar-refractivity contribution in [2.45, 2.75) is 4.90 Å². The van der Waals surface area contributed by atoms with Crippen molar-refractivity contribution in [2.75, 3.05) is 12.3 Å². The number of para-hydroxylation sites is 1. The number of aromatic nitrogens is 1. The molecule has 0 aliphatic rings. The second kappa shape index (κ2) is 9.24. The van der Waals surface area contributed by atoms with E-state index in [2.05, 4.69) is 16.4 Å². The molecule has 8 heteroatoms. The number of nitro benzene ring substituents is 1. The lowest BCUT2D eigenvalue weighted by atomic mass is 10.1. The van der Waals surface area contributed by atoms with Crippen molar-refractivity contribution in [3.8, 4) is 11.3 Å².